The van der Waals surface area contributed by atoms with Crippen molar-refractivity contribution in [3.05, 3.63) is 115 Å². The van der Waals surface area contributed by atoms with E-state index in [0.717, 1.165) is 12.1 Å². The highest BCUT2D eigenvalue weighted by atomic mass is 35.5. The maximum absolute atomic E-state index is 14.0. The third-order valence-electron chi connectivity index (χ3n) is 6.02. The average molecular weight is 676 g/mol. The van der Waals surface area contributed by atoms with Crippen LogP contribution in [0, 0.1) is 21.7 Å². The van der Waals surface area contributed by atoms with Crippen LogP contribution in [0.5, 0.6) is 0 Å². The van der Waals surface area contributed by atoms with Gasteiger partial charge in [-0.1, -0.05) is 46.4 Å². The van der Waals surface area contributed by atoms with Crippen LogP contribution in [0.15, 0.2) is 73.3 Å². The highest BCUT2D eigenvalue weighted by molar-refractivity contribution is 6.42. The number of hydrogen-bond donors (Lipinski definition) is 3. The van der Waals surface area contributed by atoms with E-state index in [1.807, 2.05) is 0 Å². The molecule has 2 heterocycles. The zero-order valence-electron chi connectivity index (χ0n) is 21.8. The number of hydrogen-bond acceptors (Lipinski definition) is 9. The lowest BCUT2D eigenvalue weighted by Crippen LogP contribution is -1.99. The first kappa shape index (κ1) is 30.8. The number of nitrogens with two attached hydrogens (primary N) is 1. The van der Waals surface area contributed by atoms with Gasteiger partial charge >= 0.3 is 0 Å². The van der Waals surface area contributed by atoms with Crippen molar-refractivity contribution in [2.75, 3.05) is 16.4 Å². The monoisotopic (exact) mass is 674 g/mol. The van der Waals surface area contributed by atoms with Crippen molar-refractivity contribution in [3.8, 4) is 0 Å². The zero-order chi connectivity index (χ0) is 31.5. The highest BCUT2D eigenvalue weighted by Crippen LogP contribution is 2.33. The molecule has 0 atom stereocenters. The van der Waals surface area contributed by atoms with Crippen LogP contribution < -0.4 is 16.4 Å². The molecular formula is C28H16Cl4F2N8O2. The number of anilines is 5. The van der Waals surface area contributed by atoms with Gasteiger partial charge in [-0.25, -0.2) is 28.7 Å². The third kappa shape index (κ3) is 6.79. The van der Waals surface area contributed by atoms with E-state index < -0.39 is 16.6 Å². The summed E-state index contributed by atoms with van der Waals surface area (Å²) >= 11 is 23.3. The Bertz CT molecular complexity index is 2070. The molecule has 0 aliphatic rings. The Morgan fingerprint density at radius 1 is 0.659 bits per heavy atom. The maximum Gasteiger partial charge on any atom is 0.270 e. The number of aromatic nitrogens is 4. The predicted octanol–water partition coefficient (Wildman–Crippen LogP) is 9.13. The van der Waals surface area contributed by atoms with E-state index >= 15 is 0 Å². The van der Waals surface area contributed by atoms with Crippen molar-refractivity contribution in [2.24, 2.45) is 0 Å². The van der Waals surface area contributed by atoms with Crippen molar-refractivity contribution in [1.82, 2.24) is 19.9 Å². The van der Waals surface area contributed by atoms with Crippen LogP contribution in [-0.4, -0.2) is 24.9 Å². The van der Waals surface area contributed by atoms with Gasteiger partial charge < -0.3 is 16.4 Å². The summed E-state index contributed by atoms with van der Waals surface area (Å²) in [7, 11) is 0. The number of nitro benzene ring substituents is 1. The molecule has 10 nitrogen and oxygen atoms in total. The molecule has 0 saturated heterocycles. The summed E-state index contributed by atoms with van der Waals surface area (Å²) in [6.07, 6.45) is 2.65. The molecule has 0 aliphatic heterocycles. The lowest BCUT2D eigenvalue weighted by atomic mass is 10.2. The summed E-state index contributed by atoms with van der Waals surface area (Å²) in [6, 6.07) is 14.3. The SMILES string of the molecule is Nc1ccc2ncnc(Nc3cc(Cl)c(Cl)cc3F)c2c1.O=[N+]([O-])c1ccc2ncnc(Nc3cc(Cl)c(Cl)cc3F)c2c1. The van der Waals surface area contributed by atoms with Crippen molar-refractivity contribution >= 4 is 103 Å². The summed E-state index contributed by atoms with van der Waals surface area (Å²) in [6.45, 7) is 0. The second-order valence-electron chi connectivity index (χ2n) is 8.92. The van der Waals surface area contributed by atoms with Crippen LogP contribution in [0.2, 0.25) is 20.1 Å². The van der Waals surface area contributed by atoms with E-state index in [-0.39, 0.29) is 43.0 Å². The molecule has 0 bridgehead atoms. The minimum atomic E-state index is -0.628. The number of nitrogen functional groups attached to an aromatic ring is 1. The van der Waals surface area contributed by atoms with Gasteiger partial charge in [0.25, 0.3) is 5.69 Å². The Morgan fingerprint density at radius 3 is 1.61 bits per heavy atom. The second-order valence-corrected chi connectivity index (χ2v) is 10.6. The van der Waals surface area contributed by atoms with Crippen molar-refractivity contribution in [1.29, 1.82) is 0 Å². The van der Waals surface area contributed by atoms with Crippen molar-refractivity contribution in [3.63, 3.8) is 0 Å². The van der Waals surface area contributed by atoms with Crippen molar-refractivity contribution in [2.45, 2.75) is 0 Å². The summed E-state index contributed by atoms with van der Waals surface area (Å²) in [5.74, 6) is -0.503. The minimum Gasteiger partial charge on any atom is -0.399 e. The molecule has 16 heteroatoms. The Balaban J connectivity index is 0.000000175. The van der Waals surface area contributed by atoms with Gasteiger partial charge in [-0.15, -0.1) is 0 Å². The van der Waals surface area contributed by atoms with Gasteiger partial charge in [0.15, 0.2) is 0 Å². The van der Waals surface area contributed by atoms with Crippen LogP contribution in [-0.2, 0) is 0 Å². The molecule has 222 valence electrons. The van der Waals surface area contributed by atoms with E-state index in [4.69, 9.17) is 52.1 Å². The average Bonchev–Trinajstić information content (AvgIpc) is 2.99. The van der Waals surface area contributed by atoms with E-state index in [2.05, 4.69) is 30.6 Å². The summed E-state index contributed by atoms with van der Waals surface area (Å²) in [5, 5.41) is 18.3. The van der Waals surface area contributed by atoms with Gasteiger partial charge in [0.05, 0.1) is 47.4 Å². The topological polar surface area (TPSA) is 145 Å². The van der Waals surface area contributed by atoms with Crippen LogP contribution in [0.25, 0.3) is 21.8 Å². The fraction of sp³-hybridized carbons (Fsp3) is 0. The molecule has 4 aromatic carbocycles. The van der Waals surface area contributed by atoms with Crippen LogP contribution in [0.4, 0.5) is 43.2 Å². The first-order chi connectivity index (χ1) is 21.0. The Morgan fingerprint density at radius 2 is 1.11 bits per heavy atom. The molecule has 0 unspecified atom stereocenters. The lowest BCUT2D eigenvalue weighted by molar-refractivity contribution is -0.384. The van der Waals surface area contributed by atoms with Gasteiger partial charge in [-0.2, -0.15) is 0 Å². The predicted molar refractivity (Wildman–Crippen MR) is 170 cm³/mol. The van der Waals surface area contributed by atoms with Crippen LogP contribution >= 0.6 is 46.4 Å². The van der Waals surface area contributed by atoms with Gasteiger partial charge in [0.1, 0.15) is 35.9 Å². The third-order valence-corrected chi connectivity index (χ3v) is 7.46. The lowest BCUT2D eigenvalue weighted by Gasteiger charge is -2.10. The fourth-order valence-electron chi connectivity index (χ4n) is 3.92. The molecule has 0 radical (unpaired) electrons. The number of non-ortho nitro benzene ring substituents is 1. The number of nitrogens with one attached hydrogen (secondary N) is 2. The summed E-state index contributed by atoms with van der Waals surface area (Å²) in [5.41, 5.74) is 7.61. The fourth-order valence-corrected chi connectivity index (χ4v) is 4.55. The summed E-state index contributed by atoms with van der Waals surface area (Å²) in [4.78, 5) is 26.6. The first-order valence-corrected chi connectivity index (χ1v) is 13.7. The molecule has 4 N–H and O–H groups in total. The van der Waals surface area contributed by atoms with Crippen LogP contribution in [0.3, 0.4) is 0 Å². The molecule has 2 aromatic heterocycles. The van der Waals surface area contributed by atoms with E-state index in [1.165, 1.54) is 43.0 Å². The molecule has 0 spiro atoms. The van der Waals surface area contributed by atoms with Crippen molar-refractivity contribution < 1.29 is 13.7 Å². The smallest absolute Gasteiger partial charge is 0.270 e. The quantitative estimate of drug-likeness (QED) is 0.0705. The normalized spacial score (nSPS) is 10.8. The number of rotatable bonds is 5. The number of nitro groups is 1. The van der Waals surface area contributed by atoms with Gasteiger partial charge in [-0.3, -0.25) is 10.1 Å². The molecule has 0 aliphatic carbocycles. The van der Waals surface area contributed by atoms with Gasteiger partial charge in [0, 0.05) is 28.6 Å². The maximum atomic E-state index is 14.0. The Labute approximate surface area is 266 Å². The van der Waals surface area contributed by atoms with E-state index in [9.17, 15) is 18.9 Å². The molecule has 44 heavy (non-hydrogen) atoms. The Hall–Kier alpha value is -4.62. The standard InChI is InChI=1S/C14H7Cl2FN4O2.C14H9Cl2FN4/c15-9-4-11(17)13(5-10(9)16)20-14-8-3-7(21(22)23)1-2-12(8)18-6-19-14;15-9-4-11(17)13(5-10(9)16)21-14-8-3-7(18)1-2-12(8)19-6-20-14/h1-6H,(H,18,19,20);1-6H,18H2,(H,19,20,21). The number of fused-ring (bicyclic) bond motifs is 2. The molecule has 0 saturated carbocycles. The second kappa shape index (κ2) is 12.9. The minimum absolute atomic E-state index is 0.0471. The van der Waals surface area contributed by atoms with Gasteiger partial charge in [0.2, 0.25) is 0 Å². The largest absolute Gasteiger partial charge is 0.399 e. The molecule has 0 fully saturated rings. The zero-order valence-corrected chi connectivity index (χ0v) is 24.8. The molecule has 0 amide bonds. The first-order valence-electron chi connectivity index (χ1n) is 12.2. The Kier molecular flexibility index (Phi) is 9.06. The van der Waals surface area contributed by atoms with E-state index in [1.54, 1.807) is 18.2 Å². The number of benzene rings is 4. The summed E-state index contributed by atoms with van der Waals surface area (Å²) < 4.78 is 27.9. The highest BCUT2D eigenvalue weighted by Gasteiger charge is 2.14. The van der Waals surface area contributed by atoms with Gasteiger partial charge in [-0.05, 0) is 48.5 Å². The molecule has 6 rings (SSSR count). The van der Waals surface area contributed by atoms with Crippen LogP contribution in [0.1, 0.15) is 0 Å². The molecular weight excluding hydrogens is 660 g/mol. The number of nitrogens with zero attached hydrogens (tertiary/aromatic N) is 5. The van der Waals surface area contributed by atoms with E-state index in [0.29, 0.717) is 33.3 Å². The number of halogens is 6. The molecule has 6 aromatic rings.